The van der Waals surface area contributed by atoms with E-state index in [4.69, 9.17) is 9.47 Å². The molecule has 0 saturated carbocycles. The van der Waals surface area contributed by atoms with E-state index in [1.165, 1.54) is 10.9 Å². The molecule has 1 atom stereocenters. The molecule has 0 amide bonds. The second kappa shape index (κ2) is 3.36. The van der Waals surface area contributed by atoms with E-state index in [2.05, 4.69) is 23.2 Å². The van der Waals surface area contributed by atoms with Crippen molar-refractivity contribution < 1.29 is 9.47 Å². The van der Waals surface area contributed by atoms with E-state index in [0.717, 1.165) is 24.2 Å². The Hall–Kier alpha value is -1.32. The summed E-state index contributed by atoms with van der Waals surface area (Å²) in [7, 11) is 1.67. The number of hydrogen-bond donors (Lipinski definition) is 1. The zero-order valence-corrected chi connectivity index (χ0v) is 8.62. The van der Waals surface area contributed by atoms with Crippen LogP contribution in [0.3, 0.4) is 0 Å². The highest BCUT2D eigenvalue weighted by molar-refractivity contribution is 5.84. The molecule has 2 aromatic rings. The van der Waals surface area contributed by atoms with E-state index in [-0.39, 0.29) is 6.29 Å². The minimum Gasteiger partial charge on any atom is -0.354 e. The number of fused-ring (bicyclic) bond motifs is 3. The van der Waals surface area contributed by atoms with E-state index >= 15 is 0 Å². The monoisotopic (exact) mass is 203 g/mol. The summed E-state index contributed by atoms with van der Waals surface area (Å²) < 4.78 is 10.8. The van der Waals surface area contributed by atoms with Gasteiger partial charge in [-0.2, -0.15) is 0 Å². The van der Waals surface area contributed by atoms with Crippen LogP contribution in [0.1, 0.15) is 17.5 Å². The maximum atomic E-state index is 5.53. The van der Waals surface area contributed by atoms with Gasteiger partial charge in [-0.25, -0.2) is 0 Å². The van der Waals surface area contributed by atoms with Crippen LogP contribution in [0.15, 0.2) is 24.3 Å². The Bertz CT molecular complexity index is 489. The standard InChI is InChI=1S/C12H13NO2/c1-14-12-11-9(6-7-15-12)8-4-2-3-5-10(8)13-11/h2-5,12-13H,6-7H2,1H3. The summed E-state index contributed by atoms with van der Waals surface area (Å²) in [6.45, 7) is 0.730. The molecule has 3 heteroatoms. The predicted octanol–water partition coefficient (Wildman–Crippen LogP) is 2.39. The normalized spacial score (nSPS) is 20.5. The molecule has 0 spiro atoms. The van der Waals surface area contributed by atoms with Crippen LogP contribution in [0.5, 0.6) is 0 Å². The summed E-state index contributed by atoms with van der Waals surface area (Å²) in [5.41, 5.74) is 3.57. The van der Waals surface area contributed by atoms with Gasteiger partial charge in [0.05, 0.1) is 12.3 Å². The minimum absolute atomic E-state index is 0.235. The summed E-state index contributed by atoms with van der Waals surface area (Å²) in [5, 5.41) is 1.29. The Morgan fingerprint density at radius 2 is 2.27 bits per heavy atom. The molecule has 1 aliphatic heterocycles. The minimum atomic E-state index is -0.235. The van der Waals surface area contributed by atoms with Crippen LogP contribution in [0.4, 0.5) is 0 Å². The molecule has 0 fully saturated rings. The van der Waals surface area contributed by atoms with Crippen molar-refractivity contribution in [1.29, 1.82) is 0 Å². The smallest absolute Gasteiger partial charge is 0.198 e. The molecular weight excluding hydrogens is 190 g/mol. The Morgan fingerprint density at radius 3 is 3.13 bits per heavy atom. The zero-order chi connectivity index (χ0) is 10.3. The van der Waals surface area contributed by atoms with Gasteiger partial charge in [-0.3, -0.25) is 0 Å². The first-order valence-corrected chi connectivity index (χ1v) is 5.14. The van der Waals surface area contributed by atoms with Crippen LogP contribution in [0.2, 0.25) is 0 Å². The third kappa shape index (κ3) is 1.28. The molecule has 1 N–H and O–H groups in total. The number of aromatic amines is 1. The molecule has 1 aliphatic rings. The van der Waals surface area contributed by atoms with Crippen LogP contribution < -0.4 is 0 Å². The SMILES string of the molecule is COC1OCCc2c1[nH]c1ccccc21. The summed E-state index contributed by atoms with van der Waals surface area (Å²) >= 11 is 0. The largest absolute Gasteiger partial charge is 0.354 e. The Morgan fingerprint density at radius 1 is 1.40 bits per heavy atom. The van der Waals surface area contributed by atoms with Crippen LogP contribution in [-0.2, 0) is 15.9 Å². The van der Waals surface area contributed by atoms with Crippen molar-refractivity contribution in [2.24, 2.45) is 0 Å². The molecule has 0 bridgehead atoms. The van der Waals surface area contributed by atoms with Gasteiger partial charge in [-0.1, -0.05) is 18.2 Å². The van der Waals surface area contributed by atoms with Gasteiger partial charge in [0.1, 0.15) is 0 Å². The number of para-hydroxylation sites is 1. The molecule has 0 aliphatic carbocycles. The number of methoxy groups -OCH3 is 1. The lowest BCUT2D eigenvalue weighted by Gasteiger charge is -2.21. The molecule has 1 aromatic heterocycles. The third-order valence-corrected chi connectivity index (χ3v) is 2.92. The van der Waals surface area contributed by atoms with E-state index in [9.17, 15) is 0 Å². The van der Waals surface area contributed by atoms with Crippen molar-refractivity contribution >= 4 is 10.9 Å². The second-order valence-electron chi connectivity index (χ2n) is 3.75. The van der Waals surface area contributed by atoms with Crippen molar-refractivity contribution in [3.63, 3.8) is 0 Å². The Kier molecular flexibility index (Phi) is 2.01. The Labute approximate surface area is 88.0 Å². The van der Waals surface area contributed by atoms with E-state index in [0.29, 0.717) is 0 Å². The third-order valence-electron chi connectivity index (χ3n) is 2.92. The first-order chi connectivity index (χ1) is 7.40. The summed E-state index contributed by atoms with van der Waals surface area (Å²) in [4.78, 5) is 3.37. The van der Waals surface area contributed by atoms with Crippen molar-refractivity contribution in [3.8, 4) is 0 Å². The van der Waals surface area contributed by atoms with Gasteiger partial charge in [0.25, 0.3) is 0 Å². The van der Waals surface area contributed by atoms with Crippen molar-refractivity contribution in [2.75, 3.05) is 13.7 Å². The second-order valence-corrected chi connectivity index (χ2v) is 3.75. The van der Waals surface area contributed by atoms with Crippen molar-refractivity contribution in [2.45, 2.75) is 12.7 Å². The van der Waals surface area contributed by atoms with Gasteiger partial charge < -0.3 is 14.5 Å². The molecule has 0 saturated heterocycles. The maximum absolute atomic E-state index is 5.53. The lowest BCUT2D eigenvalue weighted by Crippen LogP contribution is -2.16. The highest BCUT2D eigenvalue weighted by Crippen LogP contribution is 2.32. The zero-order valence-electron chi connectivity index (χ0n) is 8.62. The van der Waals surface area contributed by atoms with Gasteiger partial charge >= 0.3 is 0 Å². The number of nitrogens with one attached hydrogen (secondary N) is 1. The molecule has 1 aromatic carbocycles. The van der Waals surface area contributed by atoms with Crippen LogP contribution in [0.25, 0.3) is 10.9 Å². The lowest BCUT2D eigenvalue weighted by molar-refractivity contribution is -0.136. The van der Waals surface area contributed by atoms with Gasteiger partial charge in [-0.15, -0.1) is 0 Å². The van der Waals surface area contributed by atoms with Crippen LogP contribution >= 0.6 is 0 Å². The quantitative estimate of drug-likeness (QED) is 0.772. The Balaban J connectivity index is 2.24. The number of aromatic nitrogens is 1. The molecule has 2 heterocycles. The first kappa shape index (κ1) is 8.95. The molecule has 78 valence electrons. The molecule has 15 heavy (non-hydrogen) atoms. The van der Waals surface area contributed by atoms with Gasteiger partial charge in [0.2, 0.25) is 0 Å². The topological polar surface area (TPSA) is 34.2 Å². The van der Waals surface area contributed by atoms with E-state index < -0.39 is 0 Å². The molecule has 3 rings (SSSR count). The predicted molar refractivity (Wildman–Crippen MR) is 57.7 cm³/mol. The highest BCUT2D eigenvalue weighted by atomic mass is 16.7. The summed E-state index contributed by atoms with van der Waals surface area (Å²) in [5.74, 6) is 0. The summed E-state index contributed by atoms with van der Waals surface area (Å²) in [6.07, 6.45) is 0.722. The number of ether oxygens (including phenoxy) is 2. The fourth-order valence-corrected chi connectivity index (χ4v) is 2.23. The molecular formula is C12H13NO2. The molecule has 0 radical (unpaired) electrons. The van der Waals surface area contributed by atoms with Crippen molar-refractivity contribution in [1.82, 2.24) is 4.98 Å². The number of H-pyrrole nitrogens is 1. The van der Waals surface area contributed by atoms with Gasteiger partial charge in [-0.05, 0) is 18.1 Å². The van der Waals surface area contributed by atoms with Crippen LogP contribution in [-0.4, -0.2) is 18.7 Å². The fourth-order valence-electron chi connectivity index (χ4n) is 2.23. The van der Waals surface area contributed by atoms with Crippen LogP contribution in [0, 0.1) is 0 Å². The first-order valence-electron chi connectivity index (χ1n) is 5.14. The lowest BCUT2D eigenvalue weighted by atomic mass is 10.1. The number of rotatable bonds is 1. The molecule has 1 unspecified atom stereocenters. The fraction of sp³-hybridized carbons (Fsp3) is 0.333. The van der Waals surface area contributed by atoms with Gasteiger partial charge in [0.15, 0.2) is 6.29 Å². The average molecular weight is 203 g/mol. The number of benzene rings is 1. The van der Waals surface area contributed by atoms with E-state index in [1.54, 1.807) is 7.11 Å². The number of hydrogen-bond acceptors (Lipinski definition) is 2. The van der Waals surface area contributed by atoms with Gasteiger partial charge in [0, 0.05) is 18.0 Å². The van der Waals surface area contributed by atoms with Crippen molar-refractivity contribution in [3.05, 3.63) is 35.5 Å². The maximum Gasteiger partial charge on any atom is 0.198 e. The molecule has 3 nitrogen and oxygen atoms in total. The summed E-state index contributed by atoms with van der Waals surface area (Å²) in [6, 6.07) is 8.32. The van der Waals surface area contributed by atoms with E-state index in [1.807, 2.05) is 6.07 Å². The highest BCUT2D eigenvalue weighted by Gasteiger charge is 2.24. The average Bonchev–Trinajstić information content (AvgIpc) is 2.67.